The molecule has 1 aromatic rings. The van der Waals surface area contributed by atoms with Crippen molar-refractivity contribution in [3.8, 4) is 0 Å². The number of amides is 3. The molecule has 1 heterocycles. The maximum absolute atomic E-state index is 13.3. The van der Waals surface area contributed by atoms with Gasteiger partial charge in [-0.3, -0.25) is 24.0 Å². The highest BCUT2D eigenvalue weighted by Crippen LogP contribution is 2.21. The highest BCUT2D eigenvalue weighted by Gasteiger charge is 2.38. The number of carboxylic acid groups (broad SMARTS) is 1. The van der Waals surface area contributed by atoms with Crippen molar-refractivity contribution in [2.45, 2.75) is 84.5 Å². The van der Waals surface area contributed by atoms with Gasteiger partial charge in [0.2, 0.25) is 17.7 Å². The molecule has 12 nitrogen and oxygen atoms in total. The van der Waals surface area contributed by atoms with E-state index in [1.54, 1.807) is 27.7 Å². The molecular weight excluding hydrogens is 518 g/mol. The SMILES string of the molecule is CC(N)C(=O)CC(C)C(=O)NC(C)C(=O)N1CCCC1C(=O)NC(C(=O)Cc1cc(C(=O)O)ccc1N)C(C)C. The van der Waals surface area contributed by atoms with E-state index < -0.39 is 53.8 Å². The third-order valence-electron chi connectivity index (χ3n) is 7.10. The fraction of sp³-hybridized carbons (Fsp3) is 0.571. The van der Waals surface area contributed by atoms with Crippen LogP contribution in [0.25, 0.3) is 0 Å². The number of carboxylic acids is 1. The number of nitrogens with two attached hydrogens (primary N) is 2. The van der Waals surface area contributed by atoms with Gasteiger partial charge in [-0.05, 0) is 56.4 Å². The van der Waals surface area contributed by atoms with Crippen LogP contribution in [0.2, 0.25) is 0 Å². The third-order valence-corrected chi connectivity index (χ3v) is 7.10. The number of nitrogens with zero attached hydrogens (tertiary/aromatic N) is 1. The van der Waals surface area contributed by atoms with Crippen molar-refractivity contribution in [1.82, 2.24) is 15.5 Å². The Hall–Kier alpha value is -3.80. The monoisotopic (exact) mass is 559 g/mol. The van der Waals surface area contributed by atoms with Crippen LogP contribution in [0.3, 0.4) is 0 Å². The van der Waals surface area contributed by atoms with E-state index in [1.165, 1.54) is 30.0 Å². The number of ketones is 2. The number of aromatic carboxylic acids is 1. The normalized spacial score (nSPS) is 18.0. The summed E-state index contributed by atoms with van der Waals surface area (Å²) in [5.41, 5.74) is 12.1. The van der Waals surface area contributed by atoms with Gasteiger partial charge in [0.25, 0.3) is 0 Å². The molecule has 40 heavy (non-hydrogen) atoms. The smallest absolute Gasteiger partial charge is 0.335 e. The molecule has 0 aromatic heterocycles. The van der Waals surface area contributed by atoms with Crippen LogP contribution in [0.4, 0.5) is 5.69 Å². The van der Waals surface area contributed by atoms with Crippen molar-refractivity contribution < 1.29 is 33.9 Å². The number of hydrogen-bond donors (Lipinski definition) is 5. The van der Waals surface area contributed by atoms with E-state index in [1.807, 2.05) is 0 Å². The van der Waals surface area contributed by atoms with Gasteiger partial charge in [0.05, 0.1) is 17.6 Å². The van der Waals surface area contributed by atoms with Gasteiger partial charge in [0.15, 0.2) is 5.78 Å². The van der Waals surface area contributed by atoms with Crippen LogP contribution in [0.1, 0.15) is 69.8 Å². The number of Topliss-reactive ketones (excluding diaryl/α,β-unsaturated/α-hetero) is 2. The van der Waals surface area contributed by atoms with Crippen LogP contribution in [0, 0.1) is 11.8 Å². The summed E-state index contributed by atoms with van der Waals surface area (Å²) in [6, 6.07) is 0.789. The Kier molecular flexibility index (Phi) is 11.4. The van der Waals surface area contributed by atoms with Crippen molar-refractivity contribution in [1.29, 1.82) is 0 Å². The van der Waals surface area contributed by atoms with Gasteiger partial charge in [-0.1, -0.05) is 20.8 Å². The van der Waals surface area contributed by atoms with Gasteiger partial charge in [0, 0.05) is 31.0 Å². The summed E-state index contributed by atoms with van der Waals surface area (Å²) < 4.78 is 0. The first-order chi connectivity index (χ1) is 18.6. The molecule has 1 aromatic carbocycles. The first kappa shape index (κ1) is 32.4. The maximum atomic E-state index is 13.3. The standard InChI is InChI=1S/C28H41N5O7/c1-14(2)24(23(35)13-19-12-18(28(39)40)8-9-20(19)30)32-26(37)21-7-6-10-33(21)27(38)17(5)31-25(36)15(3)11-22(34)16(4)29/h8-9,12,14-17,21,24H,6-7,10-11,13,29-30H2,1-5H3,(H,31,36)(H,32,37)(H,39,40). The quantitative estimate of drug-likeness (QED) is 0.215. The predicted octanol–water partition coefficient (Wildman–Crippen LogP) is 0.658. The van der Waals surface area contributed by atoms with E-state index in [4.69, 9.17) is 11.5 Å². The Bertz CT molecular complexity index is 1150. The molecule has 1 fully saturated rings. The van der Waals surface area contributed by atoms with Crippen molar-refractivity contribution in [3.05, 3.63) is 29.3 Å². The van der Waals surface area contributed by atoms with Crippen molar-refractivity contribution in [2.75, 3.05) is 12.3 Å². The van der Waals surface area contributed by atoms with Crippen LogP contribution >= 0.6 is 0 Å². The molecule has 0 aliphatic carbocycles. The number of nitrogens with one attached hydrogen (secondary N) is 2. The predicted molar refractivity (Wildman–Crippen MR) is 148 cm³/mol. The number of nitrogen functional groups attached to an aromatic ring is 1. The second-order valence-electron chi connectivity index (χ2n) is 10.9. The average Bonchev–Trinajstić information content (AvgIpc) is 3.37. The zero-order chi connectivity index (χ0) is 30.3. The van der Waals surface area contributed by atoms with Crippen LogP contribution in [0.15, 0.2) is 18.2 Å². The van der Waals surface area contributed by atoms with Crippen LogP contribution in [0.5, 0.6) is 0 Å². The van der Waals surface area contributed by atoms with Crippen LogP contribution in [-0.4, -0.2) is 76.0 Å². The topological polar surface area (TPSA) is 202 Å². The van der Waals surface area contributed by atoms with Crippen LogP contribution in [-0.2, 0) is 30.4 Å². The summed E-state index contributed by atoms with van der Waals surface area (Å²) in [5.74, 6) is -4.10. The van der Waals surface area contributed by atoms with E-state index >= 15 is 0 Å². The molecule has 1 aliphatic heterocycles. The minimum Gasteiger partial charge on any atom is -0.478 e. The molecule has 220 valence electrons. The zero-order valence-electron chi connectivity index (χ0n) is 23.7. The lowest BCUT2D eigenvalue weighted by Gasteiger charge is -2.30. The molecule has 5 unspecified atom stereocenters. The van der Waals surface area contributed by atoms with Gasteiger partial charge in [-0.2, -0.15) is 0 Å². The highest BCUT2D eigenvalue weighted by molar-refractivity contribution is 5.97. The molecule has 0 bridgehead atoms. The first-order valence-electron chi connectivity index (χ1n) is 13.5. The lowest BCUT2D eigenvalue weighted by molar-refractivity contribution is -0.142. The maximum Gasteiger partial charge on any atom is 0.335 e. The lowest BCUT2D eigenvalue weighted by Crippen LogP contribution is -2.56. The summed E-state index contributed by atoms with van der Waals surface area (Å²) >= 11 is 0. The zero-order valence-corrected chi connectivity index (χ0v) is 23.7. The fourth-order valence-corrected chi connectivity index (χ4v) is 4.61. The summed E-state index contributed by atoms with van der Waals surface area (Å²) in [6.07, 6.45) is 0.749. The number of likely N-dealkylation sites (tertiary alicyclic amines) is 1. The van der Waals surface area contributed by atoms with E-state index in [0.29, 0.717) is 24.9 Å². The summed E-state index contributed by atoms with van der Waals surface area (Å²) in [6.45, 7) is 8.49. The summed E-state index contributed by atoms with van der Waals surface area (Å²) in [4.78, 5) is 76.8. The minimum atomic E-state index is -1.15. The molecule has 12 heteroatoms. The summed E-state index contributed by atoms with van der Waals surface area (Å²) in [5, 5.41) is 14.6. The van der Waals surface area contributed by atoms with Gasteiger partial charge in [0.1, 0.15) is 17.9 Å². The molecule has 7 N–H and O–H groups in total. The van der Waals surface area contributed by atoms with Crippen molar-refractivity contribution in [2.24, 2.45) is 17.6 Å². The Balaban J connectivity index is 2.07. The Morgan fingerprint density at radius 1 is 1.02 bits per heavy atom. The summed E-state index contributed by atoms with van der Waals surface area (Å²) in [7, 11) is 0. The Morgan fingerprint density at radius 3 is 2.25 bits per heavy atom. The molecule has 0 saturated carbocycles. The number of carbonyl (C=O) groups excluding carboxylic acids is 5. The average molecular weight is 560 g/mol. The van der Waals surface area contributed by atoms with Crippen molar-refractivity contribution in [3.63, 3.8) is 0 Å². The minimum absolute atomic E-state index is 0.00150. The molecule has 1 saturated heterocycles. The van der Waals surface area contributed by atoms with E-state index in [-0.39, 0.29) is 41.6 Å². The largest absolute Gasteiger partial charge is 0.478 e. The number of benzene rings is 1. The fourth-order valence-electron chi connectivity index (χ4n) is 4.61. The third kappa shape index (κ3) is 8.35. The number of anilines is 1. The Labute approximate surface area is 234 Å². The lowest BCUT2D eigenvalue weighted by atomic mass is 9.93. The van der Waals surface area contributed by atoms with Crippen molar-refractivity contribution >= 4 is 40.9 Å². The van der Waals surface area contributed by atoms with Gasteiger partial charge in [-0.25, -0.2) is 4.79 Å². The number of hydrogen-bond acceptors (Lipinski definition) is 8. The number of carbonyl (C=O) groups is 6. The second kappa shape index (κ2) is 14.0. The second-order valence-corrected chi connectivity index (χ2v) is 10.9. The highest BCUT2D eigenvalue weighted by atomic mass is 16.4. The molecule has 3 amide bonds. The molecule has 5 atom stereocenters. The molecular formula is C28H41N5O7. The van der Waals surface area contributed by atoms with E-state index in [0.717, 1.165) is 0 Å². The number of rotatable bonds is 13. The van der Waals surface area contributed by atoms with E-state index in [2.05, 4.69) is 10.6 Å². The molecule has 2 rings (SSSR count). The molecule has 0 spiro atoms. The first-order valence-corrected chi connectivity index (χ1v) is 13.5. The molecule has 0 radical (unpaired) electrons. The van der Waals surface area contributed by atoms with Gasteiger partial charge in [-0.15, -0.1) is 0 Å². The van der Waals surface area contributed by atoms with Gasteiger partial charge < -0.3 is 32.1 Å². The Morgan fingerprint density at radius 2 is 1.68 bits per heavy atom. The van der Waals surface area contributed by atoms with Gasteiger partial charge >= 0.3 is 5.97 Å². The van der Waals surface area contributed by atoms with Crippen LogP contribution < -0.4 is 22.1 Å². The van der Waals surface area contributed by atoms with E-state index in [9.17, 15) is 33.9 Å². The molecule has 1 aliphatic rings.